The number of ether oxygens (including phenoxy) is 2. The smallest absolute Gasteiger partial charge is 0.256 e. The van der Waals surface area contributed by atoms with E-state index in [0.717, 1.165) is 0 Å². The van der Waals surface area contributed by atoms with Crippen LogP contribution in [0.25, 0.3) is 11.2 Å². The van der Waals surface area contributed by atoms with Crippen molar-refractivity contribution in [3.63, 3.8) is 0 Å². The molecule has 0 aromatic carbocycles. The number of fused-ring (bicyclic) bond motifs is 1. The lowest BCUT2D eigenvalue weighted by Crippen LogP contribution is -2.25. The maximum atomic E-state index is 9.70. The number of aromatic nitrogens is 4. The molecule has 0 aliphatic rings. The number of imidazole rings is 1. The summed E-state index contributed by atoms with van der Waals surface area (Å²) in [6.45, 7) is 1.45. The quantitative estimate of drug-likeness (QED) is 0.490. The third-order valence-electron chi connectivity index (χ3n) is 3.45. The van der Waals surface area contributed by atoms with Crippen LogP contribution in [-0.2, 0) is 4.74 Å². The summed E-state index contributed by atoms with van der Waals surface area (Å²) in [4.78, 5) is 18.8. The molecule has 138 valence electrons. The molecule has 2 atom stereocenters. The number of methoxy groups -OCH3 is 1. The summed E-state index contributed by atoms with van der Waals surface area (Å²) < 4.78 is 12.6. The molecule has 0 saturated heterocycles. The van der Waals surface area contributed by atoms with Crippen molar-refractivity contribution in [3.05, 3.63) is 6.33 Å². The van der Waals surface area contributed by atoms with Gasteiger partial charge in [-0.15, -0.1) is 0 Å². The molecule has 0 aliphatic carbocycles. The molecule has 0 bridgehead atoms. The largest absolute Gasteiger partial charge is 0.479 e. The van der Waals surface area contributed by atoms with Crippen LogP contribution in [-0.4, -0.2) is 81.5 Å². The zero-order valence-electron chi connectivity index (χ0n) is 14.8. The molecule has 10 nitrogen and oxygen atoms in total. The van der Waals surface area contributed by atoms with E-state index in [0.29, 0.717) is 17.6 Å². The molecule has 25 heavy (non-hydrogen) atoms. The first kappa shape index (κ1) is 19.0. The van der Waals surface area contributed by atoms with Gasteiger partial charge < -0.3 is 24.6 Å². The zero-order chi connectivity index (χ0) is 18.4. The van der Waals surface area contributed by atoms with E-state index in [1.165, 1.54) is 13.4 Å². The van der Waals surface area contributed by atoms with E-state index >= 15 is 0 Å². The lowest BCUT2D eigenvalue weighted by Gasteiger charge is -2.22. The fourth-order valence-electron chi connectivity index (χ4n) is 2.14. The van der Waals surface area contributed by atoms with Crippen LogP contribution >= 0.6 is 0 Å². The fraction of sp³-hybridized carbons (Fsp3) is 0.600. The highest BCUT2D eigenvalue weighted by atomic mass is 16.5. The Bertz CT molecular complexity index is 713. The highest BCUT2D eigenvalue weighted by Gasteiger charge is 2.21. The van der Waals surface area contributed by atoms with Crippen molar-refractivity contribution in [2.75, 3.05) is 34.4 Å². The maximum absolute atomic E-state index is 9.70. The first-order valence-corrected chi connectivity index (χ1v) is 7.90. The van der Waals surface area contributed by atoms with Gasteiger partial charge in [-0.3, -0.25) is 4.57 Å². The van der Waals surface area contributed by atoms with Crippen LogP contribution in [0.2, 0.25) is 0 Å². The van der Waals surface area contributed by atoms with Gasteiger partial charge in [-0.2, -0.15) is 9.97 Å². The van der Waals surface area contributed by atoms with Gasteiger partial charge in [0.1, 0.15) is 0 Å². The van der Waals surface area contributed by atoms with Crippen molar-refractivity contribution in [1.82, 2.24) is 24.4 Å². The van der Waals surface area contributed by atoms with Gasteiger partial charge in [-0.1, -0.05) is 6.92 Å². The van der Waals surface area contributed by atoms with Gasteiger partial charge in [0.2, 0.25) is 5.88 Å². The monoisotopic (exact) mass is 352 g/mol. The molecule has 2 aromatic rings. The summed E-state index contributed by atoms with van der Waals surface area (Å²) in [7, 11) is 5.15. The number of hydrogen-bond acceptors (Lipinski definition) is 8. The summed E-state index contributed by atoms with van der Waals surface area (Å²) >= 11 is 0. The number of aliphatic hydroxyl groups is 2. The SMILES string of the molecule is CC[C@H](CO)O[C@H](CO)n1cnc2c(OC)nc(N=CN(C)C)nc21. The van der Waals surface area contributed by atoms with Gasteiger partial charge in [-0.25, -0.2) is 9.98 Å². The summed E-state index contributed by atoms with van der Waals surface area (Å²) in [5, 5.41) is 19.0. The van der Waals surface area contributed by atoms with E-state index in [9.17, 15) is 10.2 Å². The Kier molecular flexibility index (Phi) is 6.62. The summed E-state index contributed by atoms with van der Waals surface area (Å²) in [6, 6.07) is 0. The topological polar surface area (TPSA) is 118 Å². The van der Waals surface area contributed by atoms with Crippen LogP contribution in [0.4, 0.5) is 5.95 Å². The van der Waals surface area contributed by atoms with Crippen LogP contribution in [0.15, 0.2) is 11.3 Å². The molecule has 2 aromatic heterocycles. The van der Waals surface area contributed by atoms with E-state index in [1.807, 2.05) is 21.0 Å². The van der Waals surface area contributed by atoms with E-state index in [-0.39, 0.29) is 25.0 Å². The number of nitrogens with zero attached hydrogens (tertiary/aromatic N) is 6. The molecular weight excluding hydrogens is 328 g/mol. The summed E-state index contributed by atoms with van der Waals surface area (Å²) in [5.41, 5.74) is 0.856. The third kappa shape index (κ3) is 4.41. The van der Waals surface area contributed by atoms with Gasteiger partial charge in [0.05, 0.1) is 39.1 Å². The Morgan fingerprint density at radius 3 is 2.64 bits per heavy atom. The first-order chi connectivity index (χ1) is 12.0. The average molecular weight is 352 g/mol. The Morgan fingerprint density at radius 2 is 2.08 bits per heavy atom. The standard InChI is InChI=1S/C15H24N6O4/c1-5-10(6-22)25-11(7-23)21-9-16-12-13(21)18-15(17-8-20(2)3)19-14(12)24-4/h8-11,22-23H,5-7H2,1-4H3/t10-,11-/m1/s1. The first-order valence-electron chi connectivity index (χ1n) is 7.90. The van der Waals surface area contributed by atoms with Gasteiger partial charge in [-0.05, 0) is 6.42 Å². The van der Waals surface area contributed by atoms with Gasteiger partial charge in [0, 0.05) is 14.1 Å². The molecule has 2 rings (SSSR count). The van der Waals surface area contributed by atoms with E-state index in [4.69, 9.17) is 9.47 Å². The molecular formula is C15H24N6O4. The predicted molar refractivity (Wildman–Crippen MR) is 92.1 cm³/mol. The van der Waals surface area contributed by atoms with E-state index in [2.05, 4.69) is 19.9 Å². The van der Waals surface area contributed by atoms with E-state index in [1.54, 1.807) is 15.8 Å². The normalized spacial score (nSPS) is 14.2. The van der Waals surface area contributed by atoms with Gasteiger partial charge in [0.15, 0.2) is 17.4 Å². The minimum atomic E-state index is -0.743. The average Bonchev–Trinajstić information content (AvgIpc) is 3.04. The highest BCUT2D eigenvalue weighted by molar-refractivity contribution is 5.78. The van der Waals surface area contributed by atoms with Crippen molar-refractivity contribution in [3.8, 4) is 5.88 Å². The predicted octanol–water partition coefficient (Wildman–Crippen LogP) is 0.335. The second kappa shape index (κ2) is 8.70. The maximum Gasteiger partial charge on any atom is 0.256 e. The molecule has 2 heterocycles. The molecule has 10 heteroatoms. The second-order valence-electron chi connectivity index (χ2n) is 5.55. The second-order valence-corrected chi connectivity index (χ2v) is 5.55. The molecule has 0 aliphatic heterocycles. The molecule has 0 saturated carbocycles. The van der Waals surface area contributed by atoms with Crippen molar-refractivity contribution >= 4 is 23.5 Å². The van der Waals surface area contributed by atoms with Crippen LogP contribution in [0.5, 0.6) is 5.88 Å². The van der Waals surface area contributed by atoms with Crippen molar-refractivity contribution in [2.24, 2.45) is 4.99 Å². The van der Waals surface area contributed by atoms with Crippen LogP contribution in [0.3, 0.4) is 0 Å². The number of aliphatic hydroxyl groups excluding tert-OH is 2. The lowest BCUT2D eigenvalue weighted by atomic mass is 10.3. The Hall–Kier alpha value is -2.30. The van der Waals surface area contributed by atoms with Crippen molar-refractivity contribution < 1.29 is 19.7 Å². The van der Waals surface area contributed by atoms with Crippen molar-refractivity contribution in [2.45, 2.75) is 25.7 Å². The minimum absolute atomic E-state index is 0.143. The molecule has 0 unspecified atom stereocenters. The Morgan fingerprint density at radius 1 is 1.32 bits per heavy atom. The number of rotatable bonds is 9. The van der Waals surface area contributed by atoms with Crippen LogP contribution in [0, 0.1) is 0 Å². The lowest BCUT2D eigenvalue weighted by molar-refractivity contribution is -0.0955. The van der Waals surface area contributed by atoms with Crippen LogP contribution in [0.1, 0.15) is 19.6 Å². The highest BCUT2D eigenvalue weighted by Crippen LogP contribution is 2.26. The molecule has 0 radical (unpaired) electrons. The molecule has 0 amide bonds. The summed E-state index contributed by atoms with van der Waals surface area (Å²) in [5.74, 6) is 0.478. The van der Waals surface area contributed by atoms with Crippen LogP contribution < -0.4 is 4.74 Å². The van der Waals surface area contributed by atoms with Crippen molar-refractivity contribution in [1.29, 1.82) is 0 Å². The summed E-state index contributed by atoms with van der Waals surface area (Å²) in [6.07, 6.45) is 2.53. The number of aliphatic imine (C=N–C) groups is 1. The Labute approximate surface area is 145 Å². The van der Waals surface area contributed by atoms with Gasteiger partial charge in [0.25, 0.3) is 5.95 Å². The number of hydrogen-bond donors (Lipinski definition) is 2. The Balaban J connectivity index is 2.47. The van der Waals surface area contributed by atoms with Gasteiger partial charge >= 0.3 is 0 Å². The van der Waals surface area contributed by atoms with E-state index < -0.39 is 12.3 Å². The molecule has 2 N–H and O–H groups in total. The fourth-order valence-corrected chi connectivity index (χ4v) is 2.14. The molecule has 0 spiro atoms. The molecule has 0 fully saturated rings. The minimum Gasteiger partial charge on any atom is -0.479 e. The third-order valence-corrected chi connectivity index (χ3v) is 3.45. The zero-order valence-corrected chi connectivity index (χ0v) is 14.8.